The fourth-order valence-electron chi connectivity index (χ4n) is 3.12. The van der Waals surface area contributed by atoms with E-state index in [1.54, 1.807) is 23.4 Å². The van der Waals surface area contributed by atoms with Gasteiger partial charge in [-0.2, -0.15) is 0 Å². The first-order valence-electron chi connectivity index (χ1n) is 8.59. The van der Waals surface area contributed by atoms with Crippen LogP contribution in [0.15, 0.2) is 39.1 Å². The lowest BCUT2D eigenvalue weighted by atomic mass is 10.2. The second-order valence-corrected chi connectivity index (χ2v) is 9.65. The predicted octanol–water partition coefficient (Wildman–Crippen LogP) is 3.84. The fourth-order valence-corrected chi connectivity index (χ4v) is 6.03. The normalized spacial score (nSPS) is 13.8. The average Bonchev–Trinajstić information content (AvgIpc) is 2.96. The molecule has 0 radical (unpaired) electrons. The van der Waals surface area contributed by atoms with Gasteiger partial charge in [-0.05, 0) is 31.5 Å². The van der Waals surface area contributed by atoms with Crippen LogP contribution in [0.5, 0.6) is 0 Å². The number of amides is 1. The summed E-state index contributed by atoms with van der Waals surface area (Å²) in [4.78, 5) is 35.0. The van der Waals surface area contributed by atoms with Crippen molar-refractivity contribution >= 4 is 56.7 Å². The van der Waals surface area contributed by atoms with E-state index in [4.69, 9.17) is 0 Å². The molecule has 0 bridgehead atoms. The van der Waals surface area contributed by atoms with E-state index >= 15 is 0 Å². The Hall–Kier alpha value is -1.77. The van der Waals surface area contributed by atoms with E-state index in [-0.39, 0.29) is 17.2 Å². The summed E-state index contributed by atoms with van der Waals surface area (Å²) in [7, 11) is 1.72. The molecule has 0 spiro atoms. The van der Waals surface area contributed by atoms with Crippen molar-refractivity contribution in [3.63, 3.8) is 0 Å². The van der Waals surface area contributed by atoms with Crippen LogP contribution in [0.2, 0.25) is 0 Å². The van der Waals surface area contributed by atoms with E-state index in [0.29, 0.717) is 17.1 Å². The van der Waals surface area contributed by atoms with Crippen LogP contribution in [0.3, 0.4) is 0 Å². The minimum absolute atomic E-state index is 0.0423. The van der Waals surface area contributed by atoms with Crippen LogP contribution in [-0.4, -0.2) is 33.5 Å². The van der Waals surface area contributed by atoms with Gasteiger partial charge in [0.15, 0.2) is 5.16 Å². The van der Waals surface area contributed by atoms with Gasteiger partial charge in [0.05, 0.1) is 16.8 Å². The van der Waals surface area contributed by atoms with Crippen molar-refractivity contribution in [2.24, 2.45) is 7.05 Å². The highest BCUT2D eigenvalue weighted by atomic mass is 32.2. The van der Waals surface area contributed by atoms with Gasteiger partial charge in [0, 0.05) is 29.1 Å². The molecule has 0 unspecified atom stereocenters. The molecule has 1 aromatic carbocycles. The van der Waals surface area contributed by atoms with Crippen LogP contribution >= 0.6 is 34.9 Å². The van der Waals surface area contributed by atoms with E-state index < -0.39 is 0 Å². The molecule has 0 aliphatic carbocycles. The lowest BCUT2D eigenvalue weighted by Crippen LogP contribution is -2.36. The summed E-state index contributed by atoms with van der Waals surface area (Å²) in [5.74, 6) is 1.19. The summed E-state index contributed by atoms with van der Waals surface area (Å²) < 4.78 is 1.56. The van der Waals surface area contributed by atoms with Crippen molar-refractivity contribution in [3.8, 4) is 0 Å². The minimum Gasteiger partial charge on any atom is -0.310 e. The number of para-hydroxylation sites is 1. The minimum atomic E-state index is -0.0449. The van der Waals surface area contributed by atoms with Gasteiger partial charge in [0.25, 0.3) is 5.56 Å². The standard InChI is InChI=1S/C19H19N3O2S3/c1-11-12(2)27-17-16(11)18(24)21(3)19(20-17)26-10-15(23)22-8-9-25-14-7-5-4-6-13(14)22/h4-7H,8-10H2,1-3H3. The van der Waals surface area contributed by atoms with Crippen LogP contribution in [-0.2, 0) is 11.8 Å². The van der Waals surface area contributed by atoms with Crippen molar-refractivity contribution in [2.45, 2.75) is 23.9 Å². The molecule has 5 nitrogen and oxygen atoms in total. The Kier molecular flexibility index (Phi) is 5.05. The molecule has 0 N–H and O–H groups in total. The Morgan fingerprint density at radius 3 is 2.89 bits per heavy atom. The van der Waals surface area contributed by atoms with E-state index in [2.05, 4.69) is 4.98 Å². The van der Waals surface area contributed by atoms with Gasteiger partial charge in [0.2, 0.25) is 5.91 Å². The van der Waals surface area contributed by atoms with Gasteiger partial charge >= 0.3 is 0 Å². The van der Waals surface area contributed by atoms with Crippen LogP contribution in [0.4, 0.5) is 5.69 Å². The Balaban J connectivity index is 1.58. The highest BCUT2D eigenvalue weighted by molar-refractivity contribution is 8.00. The van der Waals surface area contributed by atoms with Crippen molar-refractivity contribution in [1.29, 1.82) is 0 Å². The van der Waals surface area contributed by atoms with Crippen LogP contribution in [0, 0.1) is 13.8 Å². The van der Waals surface area contributed by atoms with Crippen molar-refractivity contribution in [1.82, 2.24) is 9.55 Å². The molecule has 1 aliphatic rings. The molecule has 1 amide bonds. The van der Waals surface area contributed by atoms with Crippen LogP contribution in [0.1, 0.15) is 10.4 Å². The van der Waals surface area contributed by atoms with Crippen molar-refractivity contribution in [2.75, 3.05) is 23.0 Å². The first-order valence-corrected chi connectivity index (χ1v) is 11.4. The highest BCUT2D eigenvalue weighted by Gasteiger charge is 2.23. The van der Waals surface area contributed by atoms with Gasteiger partial charge in [-0.25, -0.2) is 4.98 Å². The maximum Gasteiger partial charge on any atom is 0.262 e. The predicted molar refractivity (Wildman–Crippen MR) is 115 cm³/mol. The second kappa shape index (κ2) is 7.33. The molecule has 4 rings (SSSR count). The lowest BCUT2D eigenvalue weighted by molar-refractivity contribution is -0.116. The van der Waals surface area contributed by atoms with Gasteiger partial charge in [-0.3, -0.25) is 14.2 Å². The molecule has 3 aromatic rings. The number of thioether (sulfide) groups is 2. The number of fused-ring (bicyclic) bond motifs is 2. The number of nitrogens with zero attached hydrogens (tertiary/aromatic N) is 3. The maximum absolute atomic E-state index is 12.8. The van der Waals surface area contributed by atoms with Crippen LogP contribution in [0.25, 0.3) is 10.2 Å². The number of carbonyl (C=O) groups is 1. The summed E-state index contributed by atoms with van der Waals surface area (Å²) in [6, 6.07) is 7.99. The smallest absolute Gasteiger partial charge is 0.262 e. The van der Waals surface area contributed by atoms with Crippen molar-refractivity contribution < 1.29 is 4.79 Å². The third-order valence-corrected chi connectivity index (χ3v) is 7.88. The number of aryl methyl sites for hydroxylation is 2. The van der Waals surface area contributed by atoms with Gasteiger partial charge in [0.1, 0.15) is 4.83 Å². The first kappa shape index (κ1) is 18.6. The molecule has 0 saturated heterocycles. The van der Waals surface area contributed by atoms with E-state index in [0.717, 1.165) is 31.6 Å². The monoisotopic (exact) mass is 417 g/mol. The Morgan fingerprint density at radius 2 is 2.07 bits per heavy atom. The zero-order chi connectivity index (χ0) is 19.1. The molecule has 2 aromatic heterocycles. The molecule has 0 saturated carbocycles. The van der Waals surface area contributed by atoms with E-state index in [1.807, 2.05) is 43.0 Å². The number of benzene rings is 1. The number of hydrogen-bond acceptors (Lipinski definition) is 6. The number of rotatable bonds is 3. The molecule has 0 atom stereocenters. The van der Waals surface area contributed by atoms with Gasteiger partial charge in [-0.15, -0.1) is 23.1 Å². The molecular weight excluding hydrogens is 398 g/mol. The molecule has 0 fully saturated rings. The Bertz CT molecular complexity index is 1100. The lowest BCUT2D eigenvalue weighted by Gasteiger charge is -2.28. The summed E-state index contributed by atoms with van der Waals surface area (Å²) in [6.45, 7) is 4.67. The first-order chi connectivity index (χ1) is 13.0. The van der Waals surface area contributed by atoms with E-state index in [9.17, 15) is 9.59 Å². The number of carbonyl (C=O) groups excluding carboxylic acids is 1. The molecular formula is C19H19N3O2S3. The summed E-state index contributed by atoms with van der Waals surface area (Å²) in [5.41, 5.74) is 1.93. The topological polar surface area (TPSA) is 55.2 Å². The van der Waals surface area contributed by atoms with Crippen LogP contribution < -0.4 is 10.5 Å². The fraction of sp³-hybridized carbons (Fsp3) is 0.316. The molecule has 1 aliphatic heterocycles. The maximum atomic E-state index is 12.8. The summed E-state index contributed by atoms with van der Waals surface area (Å²) >= 11 is 4.64. The molecule has 8 heteroatoms. The zero-order valence-electron chi connectivity index (χ0n) is 15.3. The Labute approximate surface area is 169 Å². The number of anilines is 1. The zero-order valence-corrected chi connectivity index (χ0v) is 17.8. The van der Waals surface area contributed by atoms with Crippen molar-refractivity contribution in [3.05, 3.63) is 45.1 Å². The third kappa shape index (κ3) is 3.30. The summed E-state index contributed by atoms with van der Waals surface area (Å²) in [6.07, 6.45) is 0. The Morgan fingerprint density at radius 1 is 1.30 bits per heavy atom. The number of aromatic nitrogens is 2. The molecule has 3 heterocycles. The highest BCUT2D eigenvalue weighted by Crippen LogP contribution is 2.35. The second-order valence-electron chi connectivity index (χ2n) is 6.37. The molecule has 27 heavy (non-hydrogen) atoms. The summed E-state index contributed by atoms with van der Waals surface area (Å²) in [5, 5.41) is 1.28. The number of thiophene rings is 1. The average molecular weight is 418 g/mol. The third-order valence-electron chi connectivity index (χ3n) is 4.72. The largest absolute Gasteiger partial charge is 0.310 e. The number of hydrogen-bond donors (Lipinski definition) is 0. The quantitative estimate of drug-likeness (QED) is 0.479. The molecule has 140 valence electrons. The SMILES string of the molecule is Cc1sc2nc(SCC(=O)N3CCSc4ccccc43)n(C)c(=O)c2c1C. The van der Waals surface area contributed by atoms with Gasteiger partial charge < -0.3 is 4.90 Å². The van der Waals surface area contributed by atoms with E-state index in [1.165, 1.54) is 23.1 Å². The van der Waals surface area contributed by atoms with Gasteiger partial charge in [-0.1, -0.05) is 23.9 Å².